The Labute approximate surface area is 120 Å². The SMILES string of the molecule is CCCOc1ccc(NC(=O)C2CCCCC2N)cc1. The molecule has 1 aliphatic carbocycles. The third-order valence-electron chi connectivity index (χ3n) is 3.75. The Hall–Kier alpha value is -1.55. The van der Waals surface area contributed by atoms with Gasteiger partial charge in [0.25, 0.3) is 0 Å². The van der Waals surface area contributed by atoms with Gasteiger partial charge in [-0.25, -0.2) is 0 Å². The van der Waals surface area contributed by atoms with E-state index in [4.69, 9.17) is 10.5 Å². The molecule has 2 rings (SSSR count). The highest BCUT2D eigenvalue weighted by molar-refractivity contribution is 5.93. The predicted octanol–water partition coefficient (Wildman–Crippen LogP) is 2.93. The maximum absolute atomic E-state index is 12.2. The fourth-order valence-corrected chi connectivity index (χ4v) is 2.57. The summed E-state index contributed by atoms with van der Waals surface area (Å²) in [6.07, 6.45) is 5.05. The Balaban J connectivity index is 1.90. The molecule has 0 aromatic heterocycles. The molecule has 0 heterocycles. The number of anilines is 1. The lowest BCUT2D eigenvalue weighted by molar-refractivity contribution is -0.121. The van der Waals surface area contributed by atoms with Crippen molar-refractivity contribution < 1.29 is 9.53 Å². The molecule has 20 heavy (non-hydrogen) atoms. The summed E-state index contributed by atoms with van der Waals surface area (Å²) in [5.74, 6) is 0.818. The van der Waals surface area contributed by atoms with Gasteiger partial charge in [0, 0.05) is 11.7 Å². The second kappa shape index (κ2) is 7.29. The summed E-state index contributed by atoms with van der Waals surface area (Å²) in [6, 6.07) is 7.50. The van der Waals surface area contributed by atoms with Crippen molar-refractivity contribution in [1.82, 2.24) is 0 Å². The lowest BCUT2D eigenvalue weighted by atomic mass is 9.84. The molecule has 1 aliphatic rings. The fraction of sp³-hybridized carbons (Fsp3) is 0.562. The third-order valence-corrected chi connectivity index (χ3v) is 3.75. The first-order chi connectivity index (χ1) is 9.70. The first-order valence-electron chi connectivity index (χ1n) is 7.50. The van der Waals surface area contributed by atoms with Crippen LogP contribution in [0.4, 0.5) is 5.69 Å². The number of hydrogen-bond acceptors (Lipinski definition) is 3. The van der Waals surface area contributed by atoms with Gasteiger partial charge < -0.3 is 15.8 Å². The maximum Gasteiger partial charge on any atom is 0.229 e. The van der Waals surface area contributed by atoms with Crippen LogP contribution in [0.3, 0.4) is 0 Å². The van der Waals surface area contributed by atoms with Crippen molar-refractivity contribution in [3.8, 4) is 5.75 Å². The predicted molar refractivity (Wildman–Crippen MR) is 80.8 cm³/mol. The van der Waals surface area contributed by atoms with Gasteiger partial charge in [-0.1, -0.05) is 19.8 Å². The summed E-state index contributed by atoms with van der Waals surface area (Å²) in [7, 11) is 0. The number of hydrogen-bond donors (Lipinski definition) is 2. The molecule has 0 bridgehead atoms. The maximum atomic E-state index is 12.2. The molecule has 2 atom stereocenters. The van der Waals surface area contributed by atoms with Crippen LogP contribution in [-0.2, 0) is 4.79 Å². The summed E-state index contributed by atoms with van der Waals surface area (Å²) in [6.45, 7) is 2.78. The van der Waals surface area contributed by atoms with Gasteiger partial charge in [0.1, 0.15) is 5.75 Å². The molecule has 0 aliphatic heterocycles. The molecule has 3 N–H and O–H groups in total. The highest BCUT2D eigenvalue weighted by Crippen LogP contribution is 2.25. The van der Waals surface area contributed by atoms with Crippen LogP contribution < -0.4 is 15.8 Å². The van der Waals surface area contributed by atoms with E-state index in [9.17, 15) is 4.79 Å². The van der Waals surface area contributed by atoms with Crippen LogP contribution >= 0.6 is 0 Å². The van der Waals surface area contributed by atoms with E-state index in [-0.39, 0.29) is 17.9 Å². The van der Waals surface area contributed by atoms with Crippen LogP contribution in [0.1, 0.15) is 39.0 Å². The van der Waals surface area contributed by atoms with Crippen molar-refractivity contribution >= 4 is 11.6 Å². The highest BCUT2D eigenvalue weighted by atomic mass is 16.5. The molecule has 2 unspecified atom stereocenters. The number of amides is 1. The lowest BCUT2D eigenvalue weighted by Crippen LogP contribution is -2.40. The van der Waals surface area contributed by atoms with E-state index < -0.39 is 0 Å². The summed E-state index contributed by atoms with van der Waals surface area (Å²) in [5.41, 5.74) is 6.83. The van der Waals surface area contributed by atoms with E-state index >= 15 is 0 Å². The van der Waals surface area contributed by atoms with Gasteiger partial charge >= 0.3 is 0 Å². The fourth-order valence-electron chi connectivity index (χ4n) is 2.57. The van der Waals surface area contributed by atoms with E-state index in [1.807, 2.05) is 24.3 Å². The molecule has 1 saturated carbocycles. The molecule has 1 fully saturated rings. The van der Waals surface area contributed by atoms with Gasteiger partial charge in [0.05, 0.1) is 12.5 Å². The molecule has 0 radical (unpaired) electrons. The standard InChI is InChI=1S/C16H24N2O2/c1-2-11-20-13-9-7-12(8-10-13)18-16(19)14-5-3-4-6-15(14)17/h7-10,14-15H,2-6,11,17H2,1H3,(H,18,19). The van der Waals surface area contributed by atoms with E-state index in [1.54, 1.807) is 0 Å². The minimum Gasteiger partial charge on any atom is -0.494 e. The number of nitrogens with two attached hydrogens (primary N) is 1. The average molecular weight is 276 g/mol. The van der Waals surface area contributed by atoms with Gasteiger partial charge in [-0.3, -0.25) is 4.79 Å². The average Bonchev–Trinajstić information content (AvgIpc) is 2.47. The van der Waals surface area contributed by atoms with Crippen molar-refractivity contribution in [1.29, 1.82) is 0 Å². The van der Waals surface area contributed by atoms with Crippen LogP contribution in [0.2, 0.25) is 0 Å². The lowest BCUT2D eigenvalue weighted by Gasteiger charge is -2.27. The van der Waals surface area contributed by atoms with Gasteiger partial charge in [0.2, 0.25) is 5.91 Å². The first kappa shape index (κ1) is 14.9. The molecule has 1 amide bonds. The quantitative estimate of drug-likeness (QED) is 0.869. The van der Waals surface area contributed by atoms with Crippen LogP contribution in [0.5, 0.6) is 5.75 Å². The Morgan fingerprint density at radius 1 is 1.30 bits per heavy atom. The molecule has 1 aromatic rings. The Morgan fingerprint density at radius 2 is 2.00 bits per heavy atom. The number of carbonyl (C=O) groups is 1. The number of ether oxygens (including phenoxy) is 1. The Kier molecular flexibility index (Phi) is 5.41. The molecular formula is C16H24N2O2. The van der Waals surface area contributed by atoms with E-state index in [0.29, 0.717) is 6.61 Å². The number of carbonyl (C=O) groups excluding carboxylic acids is 1. The molecular weight excluding hydrogens is 252 g/mol. The smallest absolute Gasteiger partial charge is 0.229 e. The minimum absolute atomic E-state index is 0.00379. The summed E-state index contributed by atoms with van der Waals surface area (Å²) >= 11 is 0. The molecule has 0 spiro atoms. The van der Waals surface area contributed by atoms with Gasteiger partial charge in [-0.15, -0.1) is 0 Å². The molecule has 4 heteroatoms. The van der Waals surface area contributed by atoms with Crippen molar-refractivity contribution in [3.63, 3.8) is 0 Å². The first-order valence-corrected chi connectivity index (χ1v) is 7.50. The molecule has 110 valence electrons. The van der Waals surface area contributed by atoms with Crippen molar-refractivity contribution in [2.75, 3.05) is 11.9 Å². The van der Waals surface area contributed by atoms with Crippen molar-refractivity contribution in [2.24, 2.45) is 11.7 Å². The second-order valence-electron chi connectivity index (χ2n) is 5.42. The second-order valence-corrected chi connectivity index (χ2v) is 5.42. The van der Waals surface area contributed by atoms with E-state index in [1.165, 1.54) is 0 Å². The zero-order valence-electron chi connectivity index (χ0n) is 12.1. The van der Waals surface area contributed by atoms with Crippen LogP contribution in [-0.4, -0.2) is 18.6 Å². The minimum atomic E-state index is -0.0558. The zero-order valence-corrected chi connectivity index (χ0v) is 12.1. The van der Waals surface area contributed by atoms with Crippen LogP contribution in [0.15, 0.2) is 24.3 Å². The Morgan fingerprint density at radius 3 is 2.65 bits per heavy atom. The Bertz CT molecular complexity index is 431. The van der Waals surface area contributed by atoms with Gasteiger partial charge in [0.15, 0.2) is 0 Å². The number of benzene rings is 1. The number of nitrogens with one attached hydrogen (secondary N) is 1. The zero-order chi connectivity index (χ0) is 14.4. The summed E-state index contributed by atoms with van der Waals surface area (Å²) < 4.78 is 5.52. The largest absolute Gasteiger partial charge is 0.494 e. The van der Waals surface area contributed by atoms with Gasteiger partial charge in [-0.05, 0) is 43.5 Å². The normalized spacial score (nSPS) is 22.3. The molecule has 1 aromatic carbocycles. The topological polar surface area (TPSA) is 64.3 Å². The van der Waals surface area contributed by atoms with Crippen LogP contribution in [0.25, 0.3) is 0 Å². The highest BCUT2D eigenvalue weighted by Gasteiger charge is 2.28. The van der Waals surface area contributed by atoms with E-state index in [2.05, 4.69) is 12.2 Å². The number of rotatable bonds is 5. The summed E-state index contributed by atoms with van der Waals surface area (Å²) in [5, 5.41) is 2.95. The monoisotopic (exact) mass is 276 g/mol. The third kappa shape index (κ3) is 3.97. The van der Waals surface area contributed by atoms with E-state index in [0.717, 1.165) is 43.5 Å². The summed E-state index contributed by atoms with van der Waals surface area (Å²) in [4.78, 5) is 12.2. The van der Waals surface area contributed by atoms with Crippen LogP contribution in [0, 0.1) is 5.92 Å². The molecule has 4 nitrogen and oxygen atoms in total. The van der Waals surface area contributed by atoms with Crippen molar-refractivity contribution in [3.05, 3.63) is 24.3 Å². The van der Waals surface area contributed by atoms with Gasteiger partial charge in [-0.2, -0.15) is 0 Å². The van der Waals surface area contributed by atoms with Crippen molar-refractivity contribution in [2.45, 2.75) is 45.1 Å². The molecule has 0 saturated heterocycles.